The number of nitro benzene ring substituents is 1. The fourth-order valence-electron chi connectivity index (χ4n) is 1.38. The molecule has 0 fully saturated rings. The molecule has 2 rings (SSSR count). The van der Waals surface area contributed by atoms with E-state index in [0.717, 1.165) is 12.2 Å². The molecule has 0 bridgehead atoms. The number of non-ortho nitro benzene ring substituents is 1. The van der Waals surface area contributed by atoms with Crippen molar-refractivity contribution in [1.82, 2.24) is 0 Å². The fraction of sp³-hybridized carbons (Fsp3) is 0.333. The average molecular weight is 206 g/mol. The average Bonchev–Trinajstić information content (AvgIpc) is 2.65. The molecule has 6 nitrogen and oxygen atoms in total. The molecule has 0 aromatic heterocycles. The van der Waals surface area contributed by atoms with Crippen molar-refractivity contribution in [3.63, 3.8) is 0 Å². The van der Waals surface area contributed by atoms with Crippen LogP contribution < -0.4 is 5.01 Å². The maximum atomic E-state index is 10.4. The van der Waals surface area contributed by atoms with E-state index in [0.29, 0.717) is 0 Å². The maximum absolute atomic E-state index is 10.4. The summed E-state index contributed by atoms with van der Waals surface area (Å²) < 4.78 is 0. The van der Waals surface area contributed by atoms with Crippen LogP contribution in [-0.2, 0) is 0 Å². The van der Waals surface area contributed by atoms with E-state index in [-0.39, 0.29) is 11.7 Å². The van der Waals surface area contributed by atoms with E-state index < -0.39 is 4.92 Å². The molecule has 1 unspecified atom stereocenters. The molecule has 78 valence electrons. The standard InChI is InChI=1S/C9H10N4O2/c1-7-6-12(11-10-7)8-2-4-9(5-3-8)13(14)15/h2-5,7H,6H2,1H3. The van der Waals surface area contributed by atoms with Gasteiger partial charge in [-0.25, -0.2) is 5.01 Å². The van der Waals surface area contributed by atoms with Gasteiger partial charge in [0.1, 0.15) is 0 Å². The minimum atomic E-state index is -0.419. The summed E-state index contributed by atoms with van der Waals surface area (Å²) in [6.07, 6.45) is 0. The Hall–Kier alpha value is -1.98. The molecular weight excluding hydrogens is 196 g/mol. The number of benzene rings is 1. The highest BCUT2D eigenvalue weighted by Crippen LogP contribution is 2.22. The number of nitrogens with zero attached hydrogens (tertiary/aromatic N) is 4. The summed E-state index contributed by atoms with van der Waals surface area (Å²) in [6, 6.07) is 6.46. The number of hydrogen-bond donors (Lipinski definition) is 0. The monoisotopic (exact) mass is 206 g/mol. The molecule has 0 saturated heterocycles. The minimum Gasteiger partial charge on any atom is -0.258 e. The van der Waals surface area contributed by atoms with Gasteiger partial charge in [0.05, 0.1) is 23.2 Å². The van der Waals surface area contributed by atoms with Crippen LogP contribution in [0.2, 0.25) is 0 Å². The van der Waals surface area contributed by atoms with E-state index >= 15 is 0 Å². The van der Waals surface area contributed by atoms with Gasteiger partial charge in [-0.1, -0.05) is 5.22 Å². The summed E-state index contributed by atoms with van der Waals surface area (Å²) >= 11 is 0. The second-order valence-electron chi connectivity index (χ2n) is 3.41. The lowest BCUT2D eigenvalue weighted by molar-refractivity contribution is -0.384. The number of nitro groups is 1. The van der Waals surface area contributed by atoms with Crippen LogP contribution in [0, 0.1) is 10.1 Å². The van der Waals surface area contributed by atoms with Crippen LogP contribution in [0.25, 0.3) is 0 Å². The van der Waals surface area contributed by atoms with Crippen molar-refractivity contribution in [2.75, 3.05) is 11.6 Å². The fourth-order valence-corrected chi connectivity index (χ4v) is 1.38. The minimum absolute atomic E-state index is 0.0861. The second-order valence-corrected chi connectivity index (χ2v) is 3.41. The first kappa shape index (κ1) is 9.57. The second kappa shape index (κ2) is 3.64. The van der Waals surface area contributed by atoms with Crippen molar-refractivity contribution in [3.05, 3.63) is 34.4 Å². The molecule has 0 amide bonds. The van der Waals surface area contributed by atoms with Crippen LogP contribution in [0.3, 0.4) is 0 Å². The predicted octanol–water partition coefficient (Wildman–Crippen LogP) is 2.17. The van der Waals surface area contributed by atoms with Gasteiger partial charge in [-0.05, 0) is 19.1 Å². The third kappa shape index (κ3) is 1.93. The molecule has 1 heterocycles. The van der Waals surface area contributed by atoms with Crippen LogP contribution in [-0.4, -0.2) is 17.5 Å². The molecule has 1 aromatic carbocycles. The lowest BCUT2D eigenvalue weighted by atomic mass is 10.2. The Labute approximate surface area is 86.4 Å². The van der Waals surface area contributed by atoms with Crippen LogP contribution in [0.15, 0.2) is 34.6 Å². The number of rotatable bonds is 2. The summed E-state index contributed by atoms with van der Waals surface area (Å²) in [6.45, 7) is 2.69. The van der Waals surface area contributed by atoms with Gasteiger partial charge in [0.15, 0.2) is 0 Å². The quantitative estimate of drug-likeness (QED) is 0.549. The first-order chi connectivity index (χ1) is 7.16. The molecule has 0 aliphatic carbocycles. The maximum Gasteiger partial charge on any atom is 0.269 e. The van der Waals surface area contributed by atoms with Crippen molar-refractivity contribution >= 4 is 11.4 Å². The van der Waals surface area contributed by atoms with Crippen molar-refractivity contribution < 1.29 is 4.92 Å². The molecule has 0 N–H and O–H groups in total. The Morgan fingerprint density at radius 2 is 2.13 bits per heavy atom. The van der Waals surface area contributed by atoms with Crippen molar-refractivity contribution in [3.8, 4) is 0 Å². The van der Waals surface area contributed by atoms with E-state index in [9.17, 15) is 10.1 Å². The number of hydrogen-bond acceptors (Lipinski definition) is 5. The first-order valence-electron chi connectivity index (χ1n) is 4.59. The van der Waals surface area contributed by atoms with Gasteiger partial charge in [0.25, 0.3) is 5.69 Å². The molecule has 0 radical (unpaired) electrons. The zero-order chi connectivity index (χ0) is 10.8. The van der Waals surface area contributed by atoms with Gasteiger partial charge < -0.3 is 0 Å². The highest BCUT2D eigenvalue weighted by Gasteiger charge is 2.16. The lowest BCUT2D eigenvalue weighted by Gasteiger charge is -2.11. The molecule has 0 saturated carbocycles. The highest BCUT2D eigenvalue weighted by molar-refractivity contribution is 5.50. The van der Waals surface area contributed by atoms with Crippen molar-refractivity contribution in [2.45, 2.75) is 13.0 Å². The molecule has 1 aliphatic rings. The smallest absolute Gasteiger partial charge is 0.258 e. The van der Waals surface area contributed by atoms with Crippen molar-refractivity contribution in [2.24, 2.45) is 10.3 Å². The Morgan fingerprint density at radius 3 is 2.60 bits per heavy atom. The van der Waals surface area contributed by atoms with Crippen molar-refractivity contribution in [1.29, 1.82) is 0 Å². The topological polar surface area (TPSA) is 71.1 Å². The van der Waals surface area contributed by atoms with E-state index in [1.165, 1.54) is 12.1 Å². The normalized spacial score (nSPS) is 19.5. The molecule has 6 heteroatoms. The van der Waals surface area contributed by atoms with E-state index in [4.69, 9.17) is 0 Å². The highest BCUT2D eigenvalue weighted by atomic mass is 16.6. The van der Waals surface area contributed by atoms with Gasteiger partial charge in [0, 0.05) is 12.1 Å². The van der Waals surface area contributed by atoms with E-state index in [1.54, 1.807) is 17.1 Å². The Kier molecular flexibility index (Phi) is 2.32. The summed E-state index contributed by atoms with van der Waals surface area (Å²) in [5.74, 6) is 0. The van der Waals surface area contributed by atoms with Crippen LogP contribution in [0.4, 0.5) is 11.4 Å². The summed E-state index contributed by atoms with van der Waals surface area (Å²) in [5, 5.41) is 20.1. The Balaban J connectivity index is 2.17. The zero-order valence-electron chi connectivity index (χ0n) is 8.20. The zero-order valence-corrected chi connectivity index (χ0v) is 8.20. The number of anilines is 1. The lowest BCUT2D eigenvalue weighted by Crippen LogP contribution is -2.17. The van der Waals surface area contributed by atoms with Gasteiger partial charge in [0.2, 0.25) is 0 Å². The first-order valence-corrected chi connectivity index (χ1v) is 4.59. The molecule has 1 atom stereocenters. The van der Waals surface area contributed by atoms with Crippen LogP contribution in [0.5, 0.6) is 0 Å². The molecule has 0 spiro atoms. The molecular formula is C9H10N4O2. The summed E-state index contributed by atoms with van der Waals surface area (Å²) in [4.78, 5) is 10.0. The van der Waals surface area contributed by atoms with E-state index in [2.05, 4.69) is 10.3 Å². The van der Waals surface area contributed by atoms with Gasteiger partial charge in [-0.3, -0.25) is 10.1 Å². The molecule has 15 heavy (non-hydrogen) atoms. The molecule has 1 aromatic rings. The Bertz CT molecular complexity index is 401. The largest absolute Gasteiger partial charge is 0.269 e. The molecule has 1 aliphatic heterocycles. The van der Waals surface area contributed by atoms with Crippen LogP contribution in [0.1, 0.15) is 6.92 Å². The van der Waals surface area contributed by atoms with Gasteiger partial charge in [-0.2, -0.15) is 5.11 Å². The van der Waals surface area contributed by atoms with E-state index in [1.807, 2.05) is 6.92 Å². The third-order valence-electron chi connectivity index (χ3n) is 2.15. The van der Waals surface area contributed by atoms with Gasteiger partial charge >= 0.3 is 0 Å². The SMILES string of the molecule is CC1CN(c2ccc([N+](=O)[O-])cc2)N=N1. The summed E-state index contributed by atoms with van der Waals surface area (Å²) in [5.41, 5.74) is 0.914. The van der Waals surface area contributed by atoms with Gasteiger partial charge in [-0.15, -0.1) is 0 Å². The third-order valence-corrected chi connectivity index (χ3v) is 2.15. The predicted molar refractivity (Wildman–Crippen MR) is 54.8 cm³/mol. The Morgan fingerprint density at radius 1 is 1.47 bits per heavy atom. The summed E-state index contributed by atoms with van der Waals surface area (Å²) in [7, 11) is 0. The van der Waals surface area contributed by atoms with Crippen LogP contribution >= 0.6 is 0 Å².